The number of rotatable bonds is 4. The highest BCUT2D eigenvalue weighted by atomic mass is 16.5. The normalized spacial score (nSPS) is 16.3. The van der Waals surface area contributed by atoms with Gasteiger partial charge in [-0.1, -0.05) is 0 Å². The lowest BCUT2D eigenvalue weighted by molar-refractivity contribution is -0.132. The Morgan fingerprint density at radius 2 is 2.18 bits per heavy atom. The van der Waals surface area contributed by atoms with E-state index in [0.29, 0.717) is 17.4 Å². The molecule has 1 atom stereocenters. The van der Waals surface area contributed by atoms with Gasteiger partial charge in [0.1, 0.15) is 29.6 Å². The van der Waals surface area contributed by atoms with Gasteiger partial charge >= 0.3 is 5.97 Å². The number of carbonyl (C=O) groups is 1. The van der Waals surface area contributed by atoms with E-state index in [1.165, 1.54) is 6.33 Å². The molecule has 1 aliphatic heterocycles. The molecule has 0 bridgehead atoms. The molecule has 0 saturated heterocycles. The van der Waals surface area contributed by atoms with Crippen molar-refractivity contribution < 1.29 is 19.4 Å². The van der Waals surface area contributed by atoms with E-state index in [2.05, 4.69) is 15.4 Å². The Hall–Kier alpha value is -3.03. The second kappa shape index (κ2) is 5.40. The molecule has 2 aromatic rings. The number of benzene rings is 1. The van der Waals surface area contributed by atoms with Gasteiger partial charge in [-0.25, -0.2) is 9.48 Å². The number of aliphatic carboxylic acids is 1. The second-order valence-electron chi connectivity index (χ2n) is 4.59. The number of ether oxygens (including phenoxy) is 2. The number of nitrogens with zero attached hydrogens (tertiary/aromatic N) is 3. The van der Waals surface area contributed by atoms with Crippen molar-refractivity contribution in [2.75, 3.05) is 19.5 Å². The Bertz CT molecular complexity index is 753. The maximum Gasteiger partial charge on any atom is 0.352 e. The lowest BCUT2D eigenvalue weighted by Crippen LogP contribution is -2.24. The first-order valence-corrected chi connectivity index (χ1v) is 6.47. The first kappa shape index (κ1) is 13.9. The highest BCUT2D eigenvalue weighted by molar-refractivity contribution is 5.90. The van der Waals surface area contributed by atoms with Crippen molar-refractivity contribution in [2.24, 2.45) is 0 Å². The summed E-state index contributed by atoms with van der Waals surface area (Å²) in [5, 5.41) is 16.1. The van der Waals surface area contributed by atoms with Gasteiger partial charge in [0.25, 0.3) is 0 Å². The fourth-order valence-corrected chi connectivity index (χ4v) is 2.35. The zero-order chi connectivity index (χ0) is 15.7. The van der Waals surface area contributed by atoms with Crippen LogP contribution in [0.5, 0.6) is 11.5 Å². The molecule has 1 aliphatic rings. The van der Waals surface area contributed by atoms with E-state index in [0.717, 1.165) is 5.56 Å². The first-order chi connectivity index (χ1) is 10.6. The van der Waals surface area contributed by atoms with Crippen LogP contribution in [-0.4, -0.2) is 40.1 Å². The molecule has 1 unspecified atom stereocenters. The predicted octanol–water partition coefficient (Wildman–Crippen LogP) is 1.28. The fourth-order valence-electron chi connectivity index (χ4n) is 2.35. The minimum absolute atomic E-state index is 0.0374. The summed E-state index contributed by atoms with van der Waals surface area (Å²) < 4.78 is 12.2. The highest BCUT2D eigenvalue weighted by Crippen LogP contribution is 2.35. The van der Waals surface area contributed by atoms with Gasteiger partial charge in [-0.3, -0.25) is 0 Å². The van der Waals surface area contributed by atoms with Crippen LogP contribution in [0.1, 0.15) is 11.6 Å². The molecule has 22 heavy (non-hydrogen) atoms. The number of hydrogen-bond donors (Lipinski definition) is 2. The Labute approximate surface area is 126 Å². The molecule has 0 fully saturated rings. The molecule has 8 nitrogen and oxygen atoms in total. The van der Waals surface area contributed by atoms with E-state index in [1.54, 1.807) is 43.2 Å². The topological polar surface area (TPSA) is 98.5 Å². The lowest BCUT2D eigenvalue weighted by Gasteiger charge is -2.24. The van der Waals surface area contributed by atoms with Crippen LogP contribution in [0.25, 0.3) is 0 Å². The SMILES string of the molecule is COc1ccc(OC)c(C2C=C(C(=O)O)Nc3ncnn32)c1. The molecule has 0 aliphatic carbocycles. The van der Waals surface area contributed by atoms with Crippen molar-refractivity contribution in [3.63, 3.8) is 0 Å². The van der Waals surface area contributed by atoms with Crippen molar-refractivity contribution >= 4 is 11.9 Å². The van der Waals surface area contributed by atoms with Gasteiger partial charge in [-0.2, -0.15) is 10.1 Å². The van der Waals surface area contributed by atoms with E-state index in [9.17, 15) is 9.90 Å². The zero-order valence-electron chi connectivity index (χ0n) is 12.0. The van der Waals surface area contributed by atoms with Crippen LogP contribution in [0, 0.1) is 0 Å². The van der Waals surface area contributed by atoms with E-state index in [1.807, 2.05) is 0 Å². The van der Waals surface area contributed by atoms with Crippen molar-refractivity contribution in [2.45, 2.75) is 6.04 Å². The van der Waals surface area contributed by atoms with Gasteiger partial charge in [0, 0.05) is 5.56 Å². The van der Waals surface area contributed by atoms with Crippen molar-refractivity contribution in [1.82, 2.24) is 14.8 Å². The van der Waals surface area contributed by atoms with Crippen LogP contribution in [0.15, 0.2) is 36.3 Å². The molecular weight excluding hydrogens is 288 g/mol. The van der Waals surface area contributed by atoms with Crippen LogP contribution in [0.3, 0.4) is 0 Å². The molecule has 0 radical (unpaired) electrons. The maximum atomic E-state index is 11.3. The lowest BCUT2D eigenvalue weighted by atomic mass is 10.0. The Kier molecular flexibility index (Phi) is 3.42. The number of allylic oxidation sites excluding steroid dienone is 1. The number of hydrogen-bond acceptors (Lipinski definition) is 6. The number of methoxy groups -OCH3 is 2. The quantitative estimate of drug-likeness (QED) is 0.877. The van der Waals surface area contributed by atoms with Crippen LogP contribution >= 0.6 is 0 Å². The van der Waals surface area contributed by atoms with Gasteiger partial charge in [0.15, 0.2) is 0 Å². The molecular formula is C14H14N4O4. The molecule has 2 N–H and O–H groups in total. The van der Waals surface area contributed by atoms with Crippen LogP contribution in [-0.2, 0) is 4.79 Å². The number of carboxylic acids is 1. The maximum absolute atomic E-state index is 11.3. The summed E-state index contributed by atoms with van der Waals surface area (Å²) in [5.41, 5.74) is 0.768. The first-order valence-electron chi connectivity index (χ1n) is 6.47. The molecule has 0 spiro atoms. The monoisotopic (exact) mass is 302 g/mol. The third-order valence-corrected chi connectivity index (χ3v) is 3.39. The largest absolute Gasteiger partial charge is 0.497 e. The van der Waals surface area contributed by atoms with Crippen molar-refractivity contribution in [1.29, 1.82) is 0 Å². The minimum atomic E-state index is -1.07. The van der Waals surface area contributed by atoms with Gasteiger partial charge in [-0.05, 0) is 24.3 Å². The molecule has 8 heteroatoms. The van der Waals surface area contributed by atoms with Crippen LogP contribution in [0.2, 0.25) is 0 Å². The number of anilines is 1. The standard InChI is InChI=1S/C14H14N4O4/c1-21-8-3-4-12(22-2)9(5-8)11-6-10(13(19)20)17-14-15-7-16-18(11)14/h3-7,11H,1-2H3,(H,19,20)(H,15,16,17). The molecule has 1 aromatic carbocycles. The van der Waals surface area contributed by atoms with Gasteiger partial charge in [-0.15, -0.1) is 0 Å². The minimum Gasteiger partial charge on any atom is -0.497 e. The molecule has 3 rings (SSSR count). The Morgan fingerprint density at radius 3 is 2.86 bits per heavy atom. The Morgan fingerprint density at radius 1 is 1.36 bits per heavy atom. The average molecular weight is 302 g/mol. The third kappa shape index (κ3) is 2.24. The fraction of sp³-hybridized carbons (Fsp3) is 0.214. The van der Waals surface area contributed by atoms with E-state index in [4.69, 9.17) is 9.47 Å². The molecule has 114 valence electrons. The summed E-state index contributed by atoms with van der Waals surface area (Å²) in [6.07, 6.45) is 2.92. The molecule has 2 heterocycles. The summed E-state index contributed by atoms with van der Waals surface area (Å²) in [5.74, 6) is 0.535. The number of carboxylic acid groups (broad SMARTS) is 1. The second-order valence-corrected chi connectivity index (χ2v) is 4.59. The Balaban J connectivity index is 2.16. The summed E-state index contributed by atoms with van der Waals surface area (Å²) in [6.45, 7) is 0. The average Bonchev–Trinajstić information content (AvgIpc) is 3.01. The predicted molar refractivity (Wildman–Crippen MR) is 77.0 cm³/mol. The summed E-state index contributed by atoms with van der Waals surface area (Å²) in [4.78, 5) is 15.3. The van der Waals surface area contributed by atoms with E-state index >= 15 is 0 Å². The van der Waals surface area contributed by atoms with E-state index in [-0.39, 0.29) is 5.70 Å². The van der Waals surface area contributed by atoms with Crippen LogP contribution in [0.4, 0.5) is 5.95 Å². The molecule has 0 saturated carbocycles. The summed E-state index contributed by atoms with van der Waals surface area (Å²) >= 11 is 0. The van der Waals surface area contributed by atoms with E-state index < -0.39 is 12.0 Å². The van der Waals surface area contributed by atoms with Gasteiger partial charge < -0.3 is 19.9 Å². The molecule has 0 amide bonds. The van der Waals surface area contributed by atoms with Gasteiger partial charge in [0.05, 0.1) is 14.2 Å². The van der Waals surface area contributed by atoms with Crippen molar-refractivity contribution in [3.05, 3.63) is 41.9 Å². The summed E-state index contributed by atoms with van der Waals surface area (Å²) in [7, 11) is 3.11. The molecule has 1 aromatic heterocycles. The smallest absolute Gasteiger partial charge is 0.352 e. The number of fused-ring (bicyclic) bond motifs is 1. The highest BCUT2D eigenvalue weighted by Gasteiger charge is 2.27. The van der Waals surface area contributed by atoms with Crippen LogP contribution < -0.4 is 14.8 Å². The summed E-state index contributed by atoms with van der Waals surface area (Å²) in [6, 6.07) is 4.86. The number of aromatic nitrogens is 3. The zero-order valence-corrected chi connectivity index (χ0v) is 12.0. The third-order valence-electron chi connectivity index (χ3n) is 3.39. The van der Waals surface area contributed by atoms with Gasteiger partial charge in [0.2, 0.25) is 5.95 Å². The van der Waals surface area contributed by atoms with Crippen molar-refractivity contribution in [3.8, 4) is 11.5 Å². The number of nitrogens with one attached hydrogen (secondary N) is 1.